The van der Waals surface area contributed by atoms with Crippen LogP contribution >= 0.6 is 0 Å². The Hall–Kier alpha value is -0.570. The molecule has 3 heteroatoms. The lowest BCUT2D eigenvalue weighted by atomic mass is 9.97. The highest BCUT2D eigenvalue weighted by molar-refractivity contribution is 5.69. The van der Waals surface area contributed by atoms with Crippen molar-refractivity contribution in [3.8, 4) is 0 Å². The molecule has 0 spiro atoms. The van der Waals surface area contributed by atoms with Gasteiger partial charge in [0.05, 0.1) is 6.61 Å². The number of hydrogen-bond donors (Lipinski definition) is 1. The summed E-state index contributed by atoms with van der Waals surface area (Å²) >= 11 is 0. The molecule has 0 saturated carbocycles. The standard InChI is InChI=1S/C16H33NO2/c1-3-5-7-11-15(10-4-2)14-19-16(18)12-8-6-9-13-17/h15H,3-14,17H2,1-2H3. The molecule has 114 valence electrons. The van der Waals surface area contributed by atoms with Gasteiger partial charge in [-0.2, -0.15) is 0 Å². The first-order chi connectivity index (χ1) is 9.24. The van der Waals surface area contributed by atoms with Crippen molar-refractivity contribution in [1.29, 1.82) is 0 Å². The van der Waals surface area contributed by atoms with E-state index in [1.165, 1.54) is 38.5 Å². The smallest absolute Gasteiger partial charge is 0.305 e. The summed E-state index contributed by atoms with van der Waals surface area (Å²) in [6, 6.07) is 0. The van der Waals surface area contributed by atoms with Crippen molar-refractivity contribution in [3.63, 3.8) is 0 Å². The molecular formula is C16H33NO2. The van der Waals surface area contributed by atoms with Crippen molar-refractivity contribution in [2.45, 2.75) is 78.1 Å². The summed E-state index contributed by atoms with van der Waals surface area (Å²) in [6.07, 6.45) is 10.8. The summed E-state index contributed by atoms with van der Waals surface area (Å²) in [4.78, 5) is 11.6. The number of nitrogens with two attached hydrogens (primary N) is 1. The average molecular weight is 271 g/mol. The van der Waals surface area contributed by atoms with Crippen LogP contribution < -0.4 is 5.73 Å². The van der Waals surface area contributed by atoms with Crippen molar-refractivity contribution in [2.75, 3.05) is 13.2 Å². The minimum Gasteiger partial charge on any atom is -0.465 e. The van der Waals surface area contributed by atoms with Crippen LogP contribution in [0.3, 0.4) is 0 Å². The molecule has 0 radical (unpaired) electrons. The van der Waals surface area contributed by atoms with Crippen LogP contribution in [0.2, 0.25) is 0 Å². The van der Waals surface area contributed by atoms with Crippen LogP contribution in [0.15, 0.2) is 0 Å². The molecule has 0 aromatic heterocycles. The van der Waals surface area contributed by atoms with Gasteiger partial charge in [0, 0.05) is 6.42 Å². The number of ether oxygens (including phenoxy) is 1. The van der Waals surface area contributed by atoms with E-state index in [0.29, 0.717) is 25.5 Å². The Morgan fingerprint density at radius 3 is 2.42 bits per heavy atom. The number of esters is 1. The van der Waals surface area contributed by atoms with E-state index >= 15 is 0 Å². The zero-order chi connectivity index (χ0) is 14.3. The third-order valence-corrected chi connectivity index (χ3v) is 3.48. The summed E-state index contributed by atoms with van der Waals surface area (Å²) < 4.78 is 5.40. The zero-order valence-electron chi connectivity index (χ0n) is 13.0. The van der Waals surface area contributed by atoms with Gasteiger partial charge in [-0.05, 0) is 38.1 Å². The predicted molar refractivity (Wildman–Crippen MR) is 81.0 cm³/mol. The maximum atomic E-state index is 11.6. The van der Waals surface area contributed by atoms with Crippen LogP contribution in [-0.2, 0) is 9.53 Å². The summed E-state index contributed by atoms with van der Waals surface area (Å²) in [7, 11) is 0. The Bertz CT molecular complexity index is 207. The van der Waals surface area contributed by atoms with E-state index in [1.54, 1.807) is 0 Å². The van der Waals surface area contributed by atoms with Gasteiger partial charge in [0.25, 0.3) is 0 Å². The second-order valence-electron chi connectivity index (χ2n) is 5.43. The Balaban J connectivity index is 3.67. The molecule has 0 saturated heterocycles. The van der Waals surface area contributed by atoms with Crippen LogP contribution in [0.5, 0.6) is 0 Å². The highest BCUT2D eigenvalue weighted by atomic mass is 16.5. The fraction of sp³-hybridized carbons (Fsp3) is 0.938. The molecular weight excluding hydrogens is 238 g/mol. The van der Waals surface area contributed by atoms with Crippen molar-refractivity contribution in [1.82, 2.24) is 0 Å². The Morgan fingerprint density at radius 2 is 1.79 bits per heavy atom. The summed E-state index contributed by atoms with van der Waals surface area (Å²) in [5, 5.41) is 0. The van der Waals surface area contributed by atoms with Gasteiger partial charge in [0.2, 0.25) is 0 Å². The first kappa shape index (κ1) is 18.4. The van der Waals surface area contributed by atoms with Gasteiger partial charge in [-0.3, -0.25) is 4.79 Å². The third kappa shape index (κ3) is 12.2. The fourth-order valence-electron chi connectivity index (χ4n) is 2.28. The topological polar surface area (TPSA) is 52.3 Å². The Morgan fingerprint density at radius 1 is 1.00 bits per heavy atom. The number of unbranched alkanes of at least 4 members (excludes halogenated alkanes) is 4. The maximum absolute atomic E-state index is 11.6. The summed E-state index contributed by atoms with van der Waals surface area (Å²) in [5.74, 6) is 0.526. The van der Waals surface area contributed by atoms with Crippen LogP contribution in [-0.4, -0.2) is 19.1 Å². The second-order valence-corrected chi connectivity index (χ2v) is 5.43. The minimum atomic E-state index is -0.0337. The SMILES string of the molecule is CCCCCC(CCC)COC(=O)CCCCCN. The Kier molecular flexibility index (Phi) is 13.4. The minimum absolute atomic E-state index is 0.0337. The quantitative estimate of drug-likeness (QED) is 0.406. The van der Waals surface area contributed by atoms with Gasteiger partial charge in [0.1, 0.15) is 0 Å². The molecule has 0 aliphatic heterocycles. The van der Waals surface area contributed by atoms with Gasteiger partial charge in [-0.15, -0.1) is 0 Å². The molecule has 0 heterocycles. The van der Waals surface area contributed by atoms with E-state index in [0.717, 1.165) is 19.3 Å². The second kappa shape index (κ2) is 13.9. The molecule has 19 heavy (non-hydrogen) atoms. The zero-order valence-corrected chi connectivity index (χ0v) is 13.0. The lowest BCUT2D eigenvalue weighted by Gasteiger charge is -2.16. The van der Waals surface area contributed by atoms with Gasteiger partial charge in [0.15, 0.2) is 0 Å². The van der Waals surface area contributed by atoms with Crippen LogP contribution in [0.1, 0.15) is 78.1 Å². The van der Waals surface area contributed by atoms with Crippen molar-refractivity contribution in [3.05, 3.63) is 0 Å². The lowest BCUT2D eigenvalue weighted by molar-refractivity contribution is -0.145. The van der Waals surface area contributed by atoms with E-state index in [9.17, 15) is 4.79 Å². The Labute approximate surface area is 119 Å². The normalized spacial score (nSPS) is 12.4. The molecule has 0 rings (SSSR count). The lowest BCUT2D eigenvalue weighted by Crippen LogP contribution is -2.14. The largest absolute Gasteiger partial charge is 0.465 e. The van der Waals surface area contributed by atoms with Gasteiger partial charge >= 0.3 is 5.97 Å². The maximum Gasteiger partial charge on any atom is 0.305 e. The summed E-state index contributed by atoms with van der Waals surface area (Å²) in [5.41, 5.74) is 5.42. The van der Waals surface area contributed by atoms with Crippen LogP contribution in [0, 0.1) is 5.92 Å². The number of carbonyl (C=O) groups is 1. The molecule has 0 bridgehead atoms. The molecule has 1 unspecified atom stereocenters. The predicted octanol–water partition coefficient (Wildman–Crippen LogP) is 4.05. The third-order valence-electron chi connectivity index (χ3n) is 3.48. The molecule has 3 nitrogen and oxygen atoms in total. The highest BCUT2D eigenvalue weighted by Gasteiger charge is 2.11. The molecule has 0 amide bonds. The van der Waals surface area contributed by atoms with E-state index in [-0.39, 0.29) is 5.97 Å². The van der Waals surface area contributed by atoms with E-state index < -0.39 is 0 Å². The first-order valence-electron chi connectivity index (χ1n) is 8.10. The van der Waals surface area contributed by atoms with Crippen molar-refractivity contribution >= 4 is 5.97 Å². The van der Waals surface area contributed by atoms with E-state index in [1.807, 2.05) is 0 Å². The number of carbonyl (C=O) groups excluding carboxylic acids is 1. The van der Waals surface area contributed by atoms with Crippen LogP contribution in [0.25, 0.3) is 0 Å². The van der Waals surface area contributed by atoms with Gasteiger partial charge in [-0.1, -0.05) is 46.0 Å². The van der Waals surface area contributed by atoms with Crippen LogP contribution in [0.4, 0.5) is 0 Å². The van der Waals surface area contributed by atoms with E-state index in [4.69, 9.17) is 10.5 Å². The fourth-order valence-corrected chi connectivity index (χ4v) is 2.28. The molecule has 0 aromatic carbocycles. The monoisotopic (exact) mass is 271 g/mol. The first-order valence-corrected chi connectivity index (χ1v) is 8.10. The number of rotatable bonds is 13. The molecule has 1 atom stereocenters. The summed E-state index contributed by atoms with van der Waals surface area (Å²) in [6.45, 7) is 5.75. The molecule has 0 aromatic rings. The molecule has 2 N–H and O–H groups in total. The molecule has 0 aliphatic carbocycles. The number of hydrogen-bond acceptors (Lipinski definition) is 3. The van der Waals surface area contributed by atoms with Crippen molar-refractivity contribution < 1.29 is 9.53 Å². The molecule has 0 fully saturated rings. The van der Waals surface area contributed by atoms with Crippen molar-refractivity contribution in [2.24, 2.45) is 11.7 Å². The molecule has 0 aliphatic rings. The van der Waals surface area contributed by atoms with Gasteiger partial charge in [-0.25, -0.2) is 0 Å². The van der Waals surface area contributed by atoms with E-state index in [2.05, 4.69) is 13.8 Å². The van der Waals surface area contributed by atoms with Gasteiger partial charge < -0.3 is 10.5 Å². The highest BCUT2D eigenvalue weighted by Crippen LogP contribution is 2.16. The average Bonchev–Trinajstić information content (AvgIpc) is 2.41.